The maximum Gasteiger partial charge on any atom is 0.338 e. The summed E-state index contributed by atoms with van der Waals surface area (Å²) in [5.41, 5.74) is 2.48. The van der Waals surface area contributed by atoms with E-state index in [9.17, 15) is 4.79 Å². The summed E-state index contributed by atoms with van der Waals surface area (Å²) in [6.07, 6.45) is 0.642. The van der Waals surface area contributed by atoms with Crippen LogP contribution in [-0.4, -0.2) is 24.9 Å². The molecule has 1 aromatic carbocycles. The molecule has 0 amide bonds. The predicted molar refractivity (Wildman–Crippen MR) is 74.3 cm³/mol. The van der Waals surface area contributed by atoms with Crippen molar-refractivity contribution in [2.75, 3.05) is 13.2 Å². The van der Waals surface area contributed by atoms with Crippen molar-refractivity contribution in [2.45, 2.75) is 20.3 Å². The molecule has 0 bridgehead atoms. The molecule has 1 aliphatic rings. The Morgan fingerprint density at radius 1 is 1.53 bits per heavy atom. The van der Waals surface area contributed by atoms with Gasteiger partial charge in [-0.2, -0.15) is 0 Å². The SMILES string of the molecule is CCOC(=O)c1cc(Cl)c(Cl)c(C2=NOCC2)c1C. The minimum Gasteiger partial charge on any atom is -0.462 e. The van der Waals surface area contributed by atoms with Crippen LogP contribution in [0.2, 0.25) is 10.0 Å². The van der Waals surface area contributed by atoms with Crippen LogP contribution in [0.5, 0.6) is 0 Å². The first-order chi connectivity index (χ1) is 9.06. The molecule has 1 heterocycles. The molecule has 0 saturated heterocycles. The Kier molecular flexibility index (Phi) is 4.32. The largest absolute Gasteiger partial charge is 0.462 e. The van der Waals surface area contributed by atoms with Gasteiger partial charge in [0.05, 0.1) is 27.9 Å². The van der Waals surface area contributed by atoms with Crippen LogP contribution >= 0.6 is 23.2 Å². The maximum atomic E-state index is 11.9. The van der Waals surface area contributed by atoms with E-state index in [1.807, 2.05) is 0 Å². The van der Waals surface area contributed by atoms with E-state index in [0.717, 1.165) is 0 Å². The third kappa shape index (κ3) is 2.69. The smallest absolute Gasteiger partial charge is 0.338 e. The zero-order valence-corrected chi connectivity index (χ0v) is 12.1. The summed E-state index contributed by atoms with van der Waals surface area (Å²) in [5, 5.41) is 4.63. The summed E-state index contributed by atoms with van der Waals surface area (Å²) in [6.45, 7) is 4.36. The number of carbonyl (C=O) groups is 1. The molecule has 0 aromatic heterocycles. The second-order valence-electron chi connectivity index (χ2n) is 4.06. The molecule has 4 nitrogen and oxygen atoms in total. The Labute approximate surface area is 121 Å². The van der Waals surface area contributed by atoms with Crippen molar-refractivity contribution >= 4 is 34.9 Å². The maximum absolute atomic E-state index is 11.9. The van der Waals surface area contributed by atoms with E-state index in [-0.39, 0.29) is 0 Å². The van der Waals surface area contributed by atoms with Crippen molar-refractivity contribution in [2.24, 2.45) is 5.16 Å². The zero-order chi connectivity index (χ0) is 14.0. The Bertz CT molecular complexity index is 555. The lowest BCUT2D eigenvalue weighted by molar-refractivity contribution is 0.0525. The summed E-state index contributed by atoms with van der Waals surface area (Å²) < 4.78 is 5.01. The van der Waals surface area contributed by atoms with Gasteiger partial charge in [0.25, 0.3) is 0 Å². The zero-order valence-electron chi connectivity index (χ0n) is 10.6. The van der Waals surface area contributed by atoms with Gasteiger partial charge < -0.3 is 9.57 Å². The van der Waals surface area contributed by atoms with Crippen molar-refractivity contribution < 1.29 is 14.4 Å². The number of oxime groups is 1. The van der Waals surface area contributed by atoms with Crippen LogP contribution in [-0.2, 0) is 9.57 Å². The number of ether oxygens (including phenoxy) is 1. The van der Waals surface area contributed by atoms with E-state index in [2.05, 4.69) is 5.16 Å². The summed E-state index contributed by atoms with van der Waals surface area (Å²) in [7, 11) is 0. The van der Waals surface area contributed by atoms with Crippen LogP contribution in [0.4, 0.5) is 0 Å². The fourth-order valence-electron chi connectivity index (χ4n) is 1.96. The van der Waals surface area contributed by atoms with Gasteiger partial charge in [-0.3, -0.25) is 0 Å². The number of benzene rings is 1. The summed E-state index contributed by atoms with van der Waals surface area (Å²) in [4.78, 5) is 16.9. The van der Waals surface area contributed by atoms with E-state index in [1.165, 1.54) is 6.07 Å². The van der Waals surface area contributed by atoms with Gasteiger partial charge in [0, 0.05) is 12.0 Å². The van der Waals surface area contributed by atoms with Crippen LogP contribution in [0.1, 0.15) is 34.8 Å². The van der Waals surface area contributed by atoms with Crippen molar-refractivity contribution in [1.29, 1.82) is 0 Å². The molecule has 19 heavy (non-hydrogen) atoms. The van der Waals surface area contributed by atoms with Crippen molar-refractivity contribution in [3.05, 3.63) is 32.8 Å². The lowest BCUT2D eigenvalue weighted by Gasteiger charge is -2.13. The second-order valence-corrected chi connectivity index (χ2v) is 4.85. The second kappa shape index (κ2) is 5.80. The van der Waals surface area contributed by atoms with Crippen LogP contribution in [0.25, 0.3) is 0 Å². The van der Waals surface area contributed by atoms with E-state index in [0.29, 0.717) is 52.1 Å². The third-order valence-electron chi connectivity index (χ3n) is 2.87. The minimum absolute atomic E-state index is 0.303. The fourth-order valence-corrected chi connectivity index (χ4v) is 2.47. The molecule has 0 N–H and O–H groups in total. The molecule has 0 spiro atoms. The molecule has 1 aromatic rings. The molecule has 0 unspecified atom stereocenters. The highest BCUT2D eigenvalue weighted by Gasteiger charge is 2.23. The molecule has 2 rings (SSSR count). The molecular weight excluding hydrogens is 289 g/mol. The van der Waals surface area contributed by atoms with Gasteiger partial charge in [0.15, 0.2) is 0 Å². The topological polar surface area (TPSA) is 47.9 Å². The van der Waals surface area contributed by atoms with Crippen LogP contribution in [0.3, 0.4) is 0 Å². The lowest BCUT2D eigenvalue weighted by atomic mass is 9.97. The van der Waals surface area contributed by atoms with Gasteiger partial charge in [-0.1, -0.05) is 28.4 Å². The molecule has 0 radical (unpaired) electrons. The first kappa shape index (κ1) is 14.2. The van der Waals surface area contributed by atoms with Gasteiger partial charge >= 0.3 is 5.97 Å². The number of esters is 1. The number of halogens is 2. The normalized spacial score (nSPS) is 14.0. The predicted octanol–water partition coefficient (Wildman–Crippen LogP) is 3.60. The molecule has 0 aliphatic carbocycles. The quantitative estimate of drug-likeness (QED) is 0.801. The Morgan fingerprint density at radius 2 is 2.26 bits per heavy atom. The fraction of sp³-hybridized carbons (Fsp3) is 0.385. The van der Waals surface area contributed by atoms with Crippen molar-refractivity contribution in [1.82, 2.24) is 0 Å². The number of nitrogens with zero attached hydrogens (tertiary/aromatic N) is 1. The first-order valence-corrected chi connectivity index (χ1v) is 6.66. The van der Waals surface area contributed by atoms with E-state index in [1.54, 1.807) is 13.8 Å². The molecule has 102 valence electrons. The van der Waals surface area contributed by atoms with Gasteiger partial charge in [-0.05, 0) is 25.5 Å². The van der Waals surface area contributed by atoms with Gasteiger partial charge in [0.1, 0.15) is 6.61 Å². The molecule has 6 heteroatoms. The highest BCUT2D eigenvalue weighted by Crippen LogP contribution is 2.33. The summed E-state index contributed by atoms with van der Waals surface area (Å²) in [6, 6.07) is 1.52. The van der Waals surface area contributed by atoms with Crippen LogP contribution in [0, 0.1) is 6.92 Å². The highest BCUT2D eigenvalue weighted by atomic mass is 35.5. The van der Waals surface area contributed by atoms with Gasteiger partial charge in [-0.25, -0.2) is 4.79 Å². The van der Waals surface area contributed by atoms with E-state index < -0.39 is 5.97 Å². The van der Waals surface area contributed by atoms with Gasteiger partial charge in [-0.15, -0.1) is 0 Å². The third-order valence-corrected chi connectivity index (χ3v) is 3.66. The van der Waals surface area contributed by atoms with Crippen LogP contribution < -0.4 is 0 Å². The Morgan fingerprint density at radius 3 is 2.84 bits per heavy atom. The Balaban J connectivity index is 2.56. The number of carbonyl (C=O) groups excluding carboxylic acids is 1. The molecule has 1 aliphatic heterocycles. The molecule has 0 saturated carbocycles. The minimum atomic E-state index is -0.417. The molecule has 0 atom stereocenters. The summed E-state index contributed by atoms with van der Waals surface area (Å²) in [5.74, 6) is -0.417. The standard InChI is InChI=1S/C13H13Cl2NO3/c1-3-18-13(17)8-6-9(14)12(15)11(7(8)2)10-4-5-19-16-10/h6H,3-5H2,1-2H3. The molecular formula is C13H13Cl2NO3. The summed E-state index contributed by atoms with van der Waals surface area (Å²) >= 11 is 12.3. The van der Waals surface area contributed by atoms with Gasteiger partial charge in [0.2, 0.25) is 0 Å². The average molecular weight is 302 g/mol. The number of rotatable bonds is 3. The van der Waals surface area contributed by atoms with Crippen LogP contribution in [0.15, 0.2) is 11.2 Å². The lowest BCUT2D eigenvalue weighted by Crippen LogP contribution is -2.11. The van der Waals surface area contributed by atoms with Crippen molar-refractivity contribution in [3.63, 3.8) is 0 Å². The first-order valence-electron chi connectivity index (χ1n) is 5.91. The molecule has 0 fully saturated rings. The monoisotopic (exact) mass is 301 g/mol. The van der Waals surface area contributed by atoms with Crippen molar-refractivity contribution in [3.8, 4) is 0 Å². The average Bonchev–Trinajstić information content (AvgIpc) is 2.88. The number of hydrogen-bond acceptors (Lipinski definition) is 4. The highest BCUT2D eigenvalue weighted by molar-refractivity contribution is 6.44. The number of hydrogen-bond donors (Lipinski definition) is 0. The van der Waals surface area contributed by atoms with E-state index in [4.69, 9.17) is 32.8 Å². The Hall–Kier alpha value is -1.26. The van der Waals surface area contributed by atoms with E-state index >= 15 is 0 Å².